The van der Waals surface area contributed by atoms with Crippen LogP contribution in [0.1, 0.15) is 58.3 Å². The van der Waals surface area contributed by atoms with Gasteiger partial charge in [0, 0.05) is 12.3 Å². The van der Waals surface area contributed by atoms with Crippen molar-refractivity contribution in [2.45, 2.75) is 58.3 Å². The molecule has 15 heavy (non-hydrogen) atoms. The molecule has 2 nitrogen and oxygen atoms in total. The van der Waals surface area contributed by atoms with E-state index in [9.17, 15) is 4.79 Å². The van der Waals surface area contributed by atoms with Gasteiger partial charge in [0.05, 0.1) is 0 Å². The molecule has 0 saturated heterocycles. The zero-order valence-corrected chi connectivity index (χ0v) is 10.0. The number of carbonyl (C=O) groups excluding carboxylic acids is 1. The molecule has 0 bridgehead atoms. The molecule has 0 aromatic carbocycles. The van der Waals surface area contributed by atoms with Gasteiger partial charge in [0.1, 0.15) is 5.78 Å². The van der Waals surface area contributed by atoms with E-state index >= 15 is 0 Å². The molecule has 1 aliphatic carbocycles. The standard InChI is InChI=1S/C13H25NO/c1-2-3-4-9-13(15)12-8-6-5-7-11(12)10-14/h11-12H,2-10,14H2,1H3. The van der Waals surface area contributed by atoms with Crippen molar-refractivity contribution >= 4 is 5.78 Å². The quantitative estimate of drug-likeness (QED) is 0.686. The van der Waals surface area contributed by atoms with Crippen LogP contribution in [0.4, 0.5) is 0 Å². The monoisotopic (exact) mass is 211 g/mol. The van der Waals surface area contributed by atoms with E-state index in [0.29, 0.717) is 24.2 Å². The molecule has 1 rings (SSSR count). The molecule has 1 aliphatic rings. The van der Waals surface area contributed by atoms with E-state index in [0.717, 1.165) is 19.3 Å². The fourth-order valence-corrected chi connectivity index (χ4v) is 2.65. The van der Waals surface area contributed by atoms with Gasteiger partial charge >= 0.3 is 0 Å². The molecule has 0 aliphatic heterocycles. The van der Waals surface area contributed by atoms with Gasteiger partial charge < -0.3 is 5.73 Å². The molecule has 0 radical (unpaired) electrons. The number of hydrogen-bond donors (Lipinski definition) is 1. The first-order valence-electron chi connectivity index (χ1n) is 6.52. The van der Waals surface area contributed by atoms with Gasteiger partial charge in [-0.25, -0.2) is 0 Å². The Morgan fingerprint density at radius 1 is 1.27 bits per heavy atom. The van der Waals surface area contributed by atoms with E-state index in [1.807, 2.05) is 0 Å². The van der Waals surface area contributed by atoms with Crippen molar-refractivity contribution in [1.29, 1.82) is 0 Å². The molecule has 0 heterocycles. The molecule has 1 saturated carbocycles. The number of carbonyl (C=O) groups is 1. The van der Waals surface area contributed by atoms with Crippen LogP contribution in [0.15, 0.2) is 0 Å². The molecule has 0 aromatic heterocycles. The predicted molar refractivity (Wildman–Crippen MR) is 63.7 cm³/mol. The van der Waals surface area contributed by atoms with Crippen molar-refractivity contribution in [3.8, 4) is 0 Å². The Morgan fingerprint density at radius 2 is 2.00 bits per heavy atom. The first-order chi connectivity index (χ1) is 7.29. The summed E-state index contributed by atoms with van der Waals surface area (Å²) in [5.74, 6) is 1.26. The zero-order valence-electron chi connectivity index (χ0n) is 10.0. The van der Waals surface area contributed by atoms with E-state index in [-0.39, 0.29) is 0 Å². The van der Waals surface area contributed by atoms with Crippen LogP contribution in [-0.4, -0.2) is 12.3 Å². The maximum absolute atomic E-state index is 12.0. The molecule has 0 spiro atoms. The molecule has 2 heteroatoms. The third-order valence-electron chi connectivity index (χ3n) is 3.65. The Hall–Kier alpha value is -0.370. The average molecular weight is 211 g/mol. The van der Waals surface area contributed by atoms with Gasteiger partial charge in [0.2, 0.25) is 0 Å². The van der Waals surface area contributed by atoms with E-state index < -0.39 is 0 Å². The molecule has 2 N–H and O–H groups in total. The minimum atomic E-state index is 0.292. The molecule has 1 fully saturated rings. The Labute approximate surface area is 93.6 Å². The minimum absolute atomic E-state index is 0.292. The van der Waals surface area contributed by atoms with Crippen LogP contribution in [0.2, 0.25) is 0 Å². The van der Waals surface area contributed by atoms with E-state index in [2.05, 4.69) is 6.92 Å². The van der Waals surface area contributed by atoms with Crippen LogP contribution in [0.25, 0.3) is 0 Å². The van der Waals surface area contributed by atoms with Crippen LogP contribution in [-0.2, 0) is 4.79 Å². The van der Waals surface area contributed by atoms with Crippen LogP contribution < -0.4 is 5.73 Å². The van der Waals surface area contributed by atoms with Gasteiger partial charge in [-0.1, -0.05) is 32.6 Å². The van der Waals surface area contributed by atoms with Crippen molar-refractivity contribution in [2.75, 3.05) is 6.54 Å². The molecule has 0 aromatic rings. The third-order valence-corrected chi connectivity index (χ3v) is 3.65. The average Bonchev–Trinajstić information content (AvgIpc) is 2.29. The highest BCUT2D eigenvalue weighted by molar-refractivity contribution is 5.81. The number of nitrogens with two attached hydrogens (primary N) is 1. The number of hydrogen-bond acceptors (Lipinski definition) is 2. The summed E-state index contributed by atoms with van der Waals surface area (Å²) in [6.07, 6.45) is 8.98. The second kappa shape index (κ2) is 7.00. The smallest absolute Gasteiger partial charge is 0.136 e. The maximum atomic E-state index is 12.0. The highest BCUT2D eigenvalue weighted by Crippen LogP contribution is 2.31. The first-order valence-corrected chi connectivity index (χ1v) is 6.52. The van der Waals surface area contributed by atoms with E-state index in [1.165, 1.54) is 32.1 Å². The predicted octanol–water partition coefficient (Wildman–Crippen LogP) is 2.90. The molecular formula is C13H25NO. The van der Waals surface area contributed by atoms with Crippen molar-refractivity contribution < 1.29 is 4.79 Å². The summed E-state index contributed by atoms with van der Waals surface area (Å²) in [6, 6.07) is 0. The summed E-state index contributed by atoms with van der Waals surface area (Å²) >= 11 is 0. The Morgan fingerprint density at radius 3 is 2.67 bits per heavy atom. The molecule has 88 valence electrons. The summed E-state index contributed by atoms with van der Waals surface area (Å²) in [6.45, 7) is 2.87. The highest BCUT2D eigenvalue weighted by Gasteiger charge is 2.28. The third kappa shape index (κ3) is 3.94. The lowest BCUT2D eigenvalue weighted by atomic mass is 9.76. The van der Waals surface area contributed by atoms with Crippen molar-refractivity contribution in [2.24, 2.45) is 17.6 Å². The van der Waals surface area contributed by atoms with Gasteiger partial charge in [-0.2, -0.15) is 0 Å². The Bertz CT molecular complexity index is 191. The highest BCUT2D eigenvalue weighted by atomic mass is 16.1. The topological polar surface area (TPSA) is 43.1 Å². The SMILES string of the molecule is CCCCCC(=O)C1CCCCC1CN. The second-order valence-corrected chi connectivity index (χ2v) is 4.81. The molecule has 2 unspecified atom stereocenters. The van der Waals surface area contributed by atoms with Gasteiger partial charge in [0.25, 0.3) is 0 Å². The lowest BCUT2D eigenvalue weighted by molar-refractivity contribution is -0.125. The summed E-state index contributed by atoms with van der Waals surface area (Å²) in [5, 5.41) is 0. The van der Waals surface area contributed by atoms with Crippen LogP contribution in [0, 0.1) is 11.8 Å². The number of unbranched alkanes of at least 4 members (excludes halogenated alkanes) is 2. The van der Waals surface area contributed by atoms with Gasteiger partial charge in [-0.05, 0) is 31.7 Å². The second-order valence-electron chi connectivity index (χ2n) is 4.81. The van der Waals surface area contributed by atoms with Crippen LogP contribution in [0.3, 0.4) is 0 Å². The number of ketones is 1. The summed E-state index contributed by atoms with van der Waals surface area (Å²) in [5.41, 5.74) is 5.73. The Kier molecular flexibility index (Phi) is 5.92. The lowest BCUT2D eigenvalue weighted by Crippen LogP contribution is -2.32. The number of Topliss-reactive ketones (excluding diaryl/α,β-unsaturated/α-hetero) is 1. The number of rotatable bonds is 6. The zero-order chi connectivity index (χ0) is 11.1. The summed E-state index contributed by atoms with van der Waals surface area (Å²) in [4.78, 5) is 12.0. The molecule has 0 amide bonds. The minimum Gasteiger partial charge on any atom is -0.330 e. The normalized spacial score (nSPS) is 26.5. The molecule has 2 atom stereocenters. The first kappa shape index (κ1) is 12.7. The molecular weight excluding hydrogens is 186 g/mol. The van der Waals surface area contributed by atoms with Crippen LogP contribution >= 0.6 is 0 Å². The van der Waals surface area contributed by atoms with Crippen LogP contribution in [0.5, 0.6) is 0 Å². The Balaban J connectivity index is 2.34. The van der Waals surface area contributed by atoms with E-state index in [4.69, 9.17) is 5.73 Å². The summed E-state index contributed by atoms with van der Waals surface area (Å²) in [7, 11) is 0. The maximum Gasteiger partial charge on any atom is 0.136 e. The van der Waals surface area contributed by atoms with Gasteiger partial charge in [-0.15, -0.1) is 0 Å². The van der Waals surface area contributed by atoms with Crippen molar-refractivity contribution in [3.63, 3.8) is 0 Å². The van der Waals surface area contributed by atoms with Crippen molar-refractivity contribution in [3.05, 3.63) is 0 Å². The summed E-state index contributed by atoms with van der Waals surface area (Å²) < 4.78 is 0. The van der Waals surface area contributed by atoms with Gasteiger partial charge in [-0.3, -0.25) is 4.79 Å². The van der Waals surface area contributed by atoms with Crippen molar-refractivity contribution in [1.82, 2.24) is 0 Å². The van der Waals surface area contributed by atoms with Gasteiger partial charge in [0.15, 0.2) is 0 Å². The fraction of sp³-hybridized carbons (Fsp3) is 0.923. The largest absolute Gasteiger partial charge is 0.330 e. The lowest BCUT2D eigenvalue weighted by Gasteiger charge is -2.29. The van der Waals surface area contributed by atoms with E-state index in [1.54, 1.807) is 0 Å². The fourth-order valence-electron chi connectivity index (χ4n) is 2.65.